The van der Waals surface area contributed by atoms with Gasteiger partial charge in [-0.1, -0.05) is 54.6 Å². The Labute approximate surface area is 153 Å². The normalized spacial score (nSPS) is 14.8. The van der Waals surface area contributed by atoms with Crippen LogP contribution in [0.25, 0.3) is 16.7 Å². The largest absolute Gasteiger partial charge is 0.334 e. The highest BCUT2D eigenvalue weighted by atomic mass is 32.2. The number of urea groups is 1. The summed E-state index contributed by atoms with van der Waals surface area (Å²) in [7, 11) is -3.56. The lowest BCUT2D eigenvalue weighted by Crippen LogP contribution is -2.47. The fourth-order valence-electron chi connectivity index (χ4n) is 2.58. The fraction of sp³-hybridized carbons (Fsp3) is 0.211. The first-order valence-electron chi connectivity index (χ1n) is 8.32. The number of sulfonamides is 1. The lowest BCUT2D eigenvalue weighted by molar-refractivity contribution is 0.243. The Kier molecular flexibility index (Phi) is 4.99. The van der Waals surface area contributed by atoms with E-state index < -0.39 is 21.3 Å². The van der Waals surface area contributed by atoms with Crippen molar-refractivity contribution in [3.63, 3.8) is 0 Å². The zero-order valence-corrected chi connectivity index (χ0v) is 15.4. The van der Waals surface area contributed by atoms with E-state index >= 15 is 0 Å². The third-order valence-corrected chi connectivity index (χ3v) is 5.90. The summed E-state index contributed by atoms with van der Waals surface area (Å²) < 4.78 is 26.9. The molecule has 2 aromatic rings. The van der Waals surface area contributed by atoms with E-state index in [0.29, 0.717) is 5.57 Å². The number of amides is 2. The molecular formula is C19H21N3O3S. The molecule has 0 saturated heterocycles. The van der Waals surface area contributed by atoms with Crippen molar-refractivity contribution >= 4 is 21.6 Å². The number of rotatable bonds is 5. The Morgan fingerprint density at radius 1 is 0.923 bits per heavy atom. The Bertz CT molecular complexity index is 934. The molecule has 3 N–H and O–H groups in total. The predicted octanol–water partition coefficient (Wildman–Crippen LogP) is 2.66. The molecule has 1 aliphatic rings. The van der Waals surface area contributed by atoms with E-state index in [9.17, 15) is 13.2 Å². The first-order valence-corrected chi connectivity index (χ1v) is 9.87. The molecule has 0 atom stereocenters. The molecule has 7 heteroatoms. The van der Waals surface area contributed by atoms with Crippen LogP contribution >= 0.6 is 0 Å². The van der Waals surface area contributed by atoms with Gasteiger partial charge in [0.05, 0.1) is 5.25 Å². The van der Waals surface area contributed by atoms with Gasteiger partial charge in [0.15, 0.2) is 0 Å². The molecule has 136 valence electrons. The van der Waals surface area contributed by atoms with E-state index in [1.165, 1.54) is 0 Å². The quantitative estimate of drug-likeness (QED) is 0.755. The highest BCUT2D eigenvalue weighted by Crippen LogP contribution is 2.24. The number of hydrogen-bond acceptors (Lipinski definition) is 3. The van der Waals surface area contributed by atoms with Gasteiger partial charge in [0.2, 0.25) is 10.0 Å². The summed E-state index contributed by atoms with van der Waals surface area (Å²) >= 11 is 0. The second-order valence-electron chi connectivity index (χ2n) is 6.30. The van der Waals surface area contributed by atoms with Crippen molar-refractivity contribution in [1.29, 1.82) is 0 Å². The first-order chi connectivity index (χ1) is 12.4. The molecular weight excluding hydrogens is 350 g/mol. The van der Waals surface area contributed by atoms with Crippen LogP contribution in [-0.2, 0) is 10.0 Å². The zero-order valence-electron chi connectivity index (χ0n) is 14.6. The van der Waals surface area contributed by atoms with Gasteiger partial charge in [0.1, 0.15) is 5.82 Å². The molecule has 6 nitrogen and oxygen atoms in total. The minimum Gasteiger partial charge on any atom is -0.334 e. The van der Waals surface area contributed by atoms with E-state index in [1.54, 1.807) is 13.8 Å². The van der Waals surface area contributed by atoms with Crippen molar-refractivity contribution in [3.05, 3.63) is 66.0 Å². The zero-order chi connectivity index (χ0) is 18.7. The minimum absolute atomic E-state index is 0.204. The van der Waals surface area contributed by atoms with Crippen LogP contribution in [0.5, 0.6) is 0 Å². The molecule has 2 amide bonds. The van der Waals surface area contributed by atoms with E-state index in [-0.39, 0.29) is 12.4 Å². The van der Waals surface area contributed by atoms with Crippen molar-refractivity contribution in [3.8, 4) is 11.1 Å². The minimum atomic E-state index is -3.56. The molecule has 0 spiro atoms. The molecule has 0 aromatic heterocycles. The van der Waals surface area contributed by atoms with Crippen LogP contribution in [0.3, 0.4) is 0 Å². The standard InChI is InChI=1S/C19H21N3O3S/c1-13(2)26(24,25)22-18-17(12-20-19(23)21-18)16-10-8-15(9-11-16)14-6-4-3-5-7-14/h3-11,13,22H,12H2,1-2H3,(H2,20,21,23). The maximum atomic E-state index is 12.2. The smallest absolute Gasteiger partial charge is 0.320 e. The van der Waals surface area contributed by atoms with Gasteiger partial charge < -0.3 is 5.32 Å². The third-order valence-electron chi connectivity index (χ3n) is 4.17. The number of benzene rings is 2. The van der Waals surface area contributed by atoms with Crippen molar-refractivity contribution in [2.45, 2.75) is 19.1 Å². The van der Waals surface area contributed by atoms with Gasteiger partial charge in [-0.3, -0.25) is 10.0 Å². The van der Waals surface area contributed by atoms with Crippen molar-refractivity contribution in [1.82, 2.24) is 15.4 Å². The lowest BCUT2D eigenvalue weighted by atomic mass is 10.00. The second kappa shape index (κ2) is 7.21. The van der Waals surface area contributed by atoms with Gasteiger partial charge in [0.25, 0.3) is 0 Å². The third kappa shape index (κ3) is 3.88. The molecule has 0 radical (unpaired) electrons. The summed E-state index contributed by atoms with van der Waals surface area (Å²) in [6.07, 6.45) is 0. The molecule has 1 aliphatic heterocycles. The Hall–Kier alpha value is -2.80. The van der Waals surface area contributed by atoms with Crippen molar-refractivity contribution in [2.24, 2.45) is 0 Å². The fourth-order valence-corrected chi connectivity index (χ4v) is 3.27. The highest BCUT2D eigenvalue weighted by Gasteiger charge is 2.24. The summed E-state index contributed by atoms with van der Waals surface area (Å²) in [5.74, 6) is 0.204. The SMILES string of the molecule is CC(C)S(=O)(=O)NC1=C(c2ccc(-c3ccccc3)cc2)CNC(=O)N1. The topological polar surface area (TPSA) is 87.3 Å². The summed E-state index contributed by atoms with van der Waals surface area (Å²) in [4.78, 5) is 11.7. The number of carbonyl (C=O) groups is 1. The molecule has 0 unspecified atom stereocenters. The maximum absolute atomic E-state index is 12.2. The van der Waals surface area contributed by atoms with Crippen LogP contribution in [0, 0.1) is 0 Å². The van der Waals surface area contributed by atoms with Gasteiger partial charge >= 0.3 is 6.03 Å². The van der Waals surface area contributed by atoms with Crippen LogP contribution < -0.4 is 15.4 Å². The predicted molar refractivity (Wildman–Crippen MR) is 103 cm³/mol. The molecule has 2 aromatic carbocycles. The van der Waals surface area contributed by atoms with Crippen molar-refractivity contribution < 1.29 is 13.2 Å². The Balaban J connectivity index is 1.96. The molecule has 0 saturated carbocycles. The van der Waals surface area contributed by atoms with Crippen LogP contribution in [0.4, 0.5) is 4.79 Å². The van der Waals surface area contributed by atoms with E-state index in [2.05, 4.69) is 15.4 Å². The number of carbonyl (C=O) groups excluding carboxylic acids is 1. The highest BCUT2D eigenvalue weighted by molar-refractivity contribution is 7.90. The molecule has 0 fully saturated rings. The number of hydrogen-bond donors (Lipinski definition) is 3. The van der Waals surface area contributed by atoms with Gasteiger partial charge in [-0.05, 0) is 30.5 Å². The summed E-state index contributed by atoms with van der Waals surface area (Å²) in [5, 5.41) is 4.63. The summed E-state index contributed by atoms with van der Waals surface area (Å²) in [6, 6.07) is 17.3. The van der Waals surface area contributed by atoms with Crippen LogP contribution in [0.2, 0.25) is 0 Å². The van der Waals surface area contributed by atoms with E-state index in [4.69, 9.17) is 0 Å². The first kappa shape index (κ1) is 18.0. The van der Waals surface area contributed by atoms with Crippen molar-refractivity contribution in [2.75, 3.05) is 6.54 Å². The number of nitrogens with one attached hydrogen (secondary N) is 3. The average molecular weight is 371 g/mol. The molecule has 0 aliphatic carbocycles. The summed E-state index contributed by atoms with van der Waals surface area (Å²) in [6.45, 7) is 3.41. The van der Waals surface area contributed by atoms with Crippen LogP contribution in [0.1, 0.15) is 19.4 Å². The Morgan fingerprint density at radius 3 is 2.12 bits per heavy atom. The van der Waals surface area contributed by atoms with Gasteiger partial charge in [-0.15, -0.1) is 0 Å². The van der Waals surface area contributed by atoms with E-state index in [1.807, 2.05) is 54.6 Å². The summed E-state index contributed by atoms with van der Waals surface area (Å²) in [5.41, 5.74) is 3.68. The van der Waals surface area contributed by atoms with Gasteiger partial charge in [-0.25, -0.2) is 13.2 Å². The van der Waals surface area contributed by atoms with Gasteiger partial charge in [-0.2, -0.15) is 0 Å². The lowest BCUT2D eigenvalue weighted by Gasteiger charge is -2.24. The average Bonchev–Trinajstić information content (AvgIpc) is 2.62. The molecule has 26 heavy (non-hydrogen) atoms. The molecule has 1 heterocycles. The monoisotopic (exact) mass is 371 g/mol. The molecule has 0 bridgehead atoms. The Morgan fingerprint density at radius 2 is 1.50 bits per heavy atom. The van der Waals surface area contributed by atoms with Gasteiger partial charge in [0, 0.05) is 12.1 Å². The second-order valence-corrected chi connectivity index (χ2v) is 8.54. The van der Waals surface area contributed by atoms with Crippen LogP contribution in [-0.4, -0.2) is 26.2 Å². The van der Waals surface area contributed by atoms with E-state index in [0.717, 1.165) is 16.7 Å². The molecule has 3 rings (SSSR count). The van der Waals surface area contributed by atoms with Crippen LogP contribution in [0.15, 0.2) is 60.4 Å². The maximum Gasteiger partial charge on any atom is 0.320 e.